The predicted molar refractivity (Wildman–Crippen MR) is 283 cm³/mol. The number of imidazole rings is 1. The maximum Gasteiger partial charge on any atom is 0.328 e. The minimum atomic E-state index is -0.688. The number of hydrogen-bond acceptors (Lipinski definition) is 11. The minimum Gasteiger partial charge on any atom is -0.366 e. The number of benzene rings is 1. The first-order valence-corrected chi connectivity index (χ1v) is 28.1. The summed E-state index contributed by atoms with van der Waals surface area (Å²) in [6, 6.07) is 13.4. The van der Waals surface area contributed by atoms with E-state index >= 15 is 4.79 Å². The van der Waals surface area contributed by atoms with Gasteiger partial charge >= 0.3 is 6.03 Å². The summed E-state index contributed by atoms with van der Waals surface area (Å²) < 4.78 is 2.20. The molecule has 6 aliphatic heterocycles. The van der Waals surface area contributed by atoms with E-state index in [9.17, 15) is 19.2 Å². The van der Waals surface area contributed by atoms with Crippen LogP contribution in [0.15, 0.2) is 48.9 Å². The summed E-state index contributed by atoms with van der Waals surface area (Å²) in [5, 5.41) is 6.09. The molecule has 3 aliphatic carbocycles. The van der Waals surface area contributed by atoms with Crippen LogP contribution in [0.3, 0.4) is 0 Å². The number of urea groups is 1. The lowest BCUT2D eigenvalue weighted by atomic mass is 9.72. The van der Waals surface area contributed by atoms with Crippen LogP contribution in [0.25, 0.3) is 22.3 Å². The van der Waals surface area contributed by atoms with Gasteiger partial charge in [-0.25, -0.2) is 19.7 Å². The van der Waals surface area contributed by atoms with Crippen molar-refractivity contribution >= 4 is 63.7 Å². The zero-order chi connectivity index (χ0) is 50.6. The molecular formula is C57H72N12O5. The molecule has 2 N–H and O–H groups in total. The molecule has 74 heavy (non-hydrogen) atoms. The van der Waals surface area contributed by atoms with Gasteiger partial charge in [-0.3, -0.25) is 29.4 Å². The predicted octanol–water partition coefficient (Wildman–Crippen LogP) is 7.11. The minimum absolute atomic E-state index is 0.0344. The summed E-state index contributed by atoms with van der Waals surface area (Å²) in [6.07, 6.45) is 16.4. The summed E-state index contributed by atoms with van der Waals surface area (Å²) >= 11 is 0. The number of nitrogens with zero attached hydrogens (tertiary/aromatic N) is 10. The number of piperidine rings is 4. The Morgan fingerprint density at radius 3 is 2.20 bits per heavy atom. The molecule has 3 saturated carbocycles. The highest BCUT2D eigenvalue weighted by Crippen LogP contribution is 2.53. The fourth-order valence-corrected chi connectivity index (χ4v) is 14.5. The highest BCUT2D eigenvalue weighted by Gasteiger charge is 2.57. The molecule has 2 bridgehead atoms. The van der Waals surface area contributed by atoms with Gasteiger partial charge in [0.1, 0.15) is 11.3 Å². The number of nitrogens with one attached hydrogen (secondary N) is 2. The van der Waals surface area contributed by atoms with Crippen LogP contribution in [0, 0.1) is 23.2 Å². The lowest BCUT2D eigenvalue weighted by molar-refractivity contribution is -0.151. The standard InChI is InChI=1S/C57H72N12O5/c1-35(2)68-34-59-45-30-44(61-51(50(45)68)60-39-10-11-39)36-9-13-43-46(27-36)69(42-28-41(29-42)63-20-5-4-6-21-63)54(73)57(43)18-25-65(26-19-57)53(72)56(3)16-23-64(24-17-56)52(71)49-37-7-8-38(49)33-66(32-37)47-14-12-40(31-58-47)67-22-15-48(70)62-55(67)74/h9,12-14,27,30-31,34-35,37-39,41-42,49H,4-8,10-11,15-26,28-29,32-33H2,1-3H3,(H,60,61)(H,62,70,74)/t37?,38?,41-,42+,49?. The molecule has 5 saturated heterocycles. The van der Waals surface area contributed by atoms with Crippen molar-refractivity contribution in [3.63, 3.8) is 0 Å². The molecule has 9 aliphatic rings. The fraction of sp³-hybridized carbons (Fsp3) is 0.614. The van der Waals surface area contributed by atoms with E-state index in [2.05, 4.69) is 74.9 Å². The van der Waals surface area contributed by atoms with Crippen LogP contribution in [0.5, 0.6) is 0 Å². The molecule has 17 nitrogen and oxygen atoms in total. The number of pyridine rings is 2. The van der Waals surface area contributed by atoms with E-state index < -0.39 is 16.9 Å². The van der Waals surface area contributed by atoms with Crippen LogP contribution >= 0.6 is 0 Å². The molecule has 3 aromatic heterocycles. The molecule has 390 valence electrons. The molecule has 8 fully saturated rings. The third-order valence-electron chi connectivity index (χ3n) is 19.2. The normalized spacial score (nSPS) is 27.8. The first-order chi connectivity index (χ1) is 35.8. The Bertz CT molecular complexity index is 2870. The molecule has 2 atom stereocenters. The second-order valence-corrected chi connectivity index (χ2v) is 24.1. The lowest BCUT2D eigenvalue weighted by Gasteiger charge is -2.48. The van der Waals surface area contributed by atoms with Crippen molar-refractivity contribution in [1.29, 1.82) is 0 Å². The van der Waals surface area contributed by atoms with Crippen LogP contribution < -0.4 is 25.3 Å². The van der Waals surface area contributed by atoms with Gasteiger partial charge in [0.05, 0.1) is 34.8 Å². The zero-order valence-corrected chi connectivity index (χ0v) is 43.4. The van der Waals surface area contributed by atoms with E-state index in [0.29, 0.717) is 76.2 Å². The van der Waals surface area contributed by atoms with Gasteiger partial charge in [0.25, 0.3) is 0 Å². The van der Waals surface area contributed by atoms with Gasteiger partial charge in [-0.2, -0.15) is 0 Å². The molecular weight excluding hydrogens is 933 g/mol. The average Bonchev–Trinajstić information content (AvgIpc) is 3.99. The van der Waals surface area contributed by atoms with Crippen LogP contribution in [-0.2, 0) is 24.6 Å². The van der Waals surface area contributed by atoms with Gasteiger partial charge in [0.15, 0.2) is 5.82 Å². The molecule has 17 heteroatoms. The van der Waals surface area contributed by atoms with Gasteiger partial charge in [0.2, 0.25) is 23.6 Å². The van der Waals surface area contributed by atoms with E-state index in [1.54, 1.807) is 6.20 Å². The number of fused-ring (bicyclic) bond motifs is 5. The third-order valence-corrected chi connectivity index (χ3v) is 19.2. The molecule has 13 rings (SSSR count). The number of anilines is 4. The van der Waals surface area contributed by atoms with E-state index in [4.69, 9.17) is 15.0 Å². The number of imide groups is 1. The summed E-state index contributed by atoms with van der Waals surface area (Å²) in [5.41, 5.74) is 5.29. The topological polar surface area (TPSA) is 172 Å². The first-order valence-electron chi connectivity index (χ1n) is 28.1. The molecule has 1 spiro atoms. The summed E-state index contributed by atoms with van der Waals surface area (Å²) in [6.45, 7) is 12.8. The Labute approximate surface area is 433 Å². The SMILES string of the molecule is CC(C)n1cnc2cc(-c3ccc4c(c3)N([C@H]3C[C@@H](N5CCCCC5)C3)C(=O)C43CCN(C(=O)C4(C)CCN(C(=O)C5C6CCC5CN(c5ccc(N7CCC(=O)NC7=O)cn5)C6)CC4)CC3)nc(NC3CC3)c21. The first kappa shape index (κ1) is 47.6. The Hall–Kier alpha value is -6.10. The van der Waals surface area contributed by atoms with Crippen molar-refractivity contribution in [2.24, 2.45) is 23.2 Å². The number of hydrogen-bond donors (Lipinski definition) is 2. The van der Waals surface area contributed by atoms with Crippen LogP contribution in [0.2, 0.25) is 0 Å². The van der Waals surface area contributed by atoms with Gasteiger partial charge in [0, 0.05) is 99.0 Å². The van der Waals surface area contributed by atoms with Crippen LogP contribution in [0.1, 0.15) is 122 Å². The third kappa shape index (κ3) is 8.12. The summed E-state index contributed by atoms with van der Waals surface area (Å²) in [7, 11) is 0. The van der Waals surface area contributed by atoms with Crippen molar-refractivity contribution < 1.29 is 24.0 Å². The van der Waals surface area contributed by atoms with Gasteiger partial charge in [-0.15, -0.1) is 0 Å². The number of carbonyl (C=O) groups is 5. The molecule has 0 radical (unpaired) electrons. The van der Waals surface area contributed by atoms with E-state index in [0.717, 1.165) is 110 Å². The van der Waals surface area contributed by atoms with Crippen LogP contribution in [0.4, 0.5) is 27.8 Å². The zero-order valence-electron chi connectivity index (χ0n) is 43.4. The lowest BCUT2D eigenvalue weighted by Crippen LogP contribution is -2.59. The van der Waals surface area contributed by atoms with Crippen molar-refractivity contribution in [1.82, 2.24) is 39.5 Å². The molecule has 9 heterocycles. The van der Waals surface area contributed by atoms with Crippen molar-refractivity contribution in [2.75, 3.05) is 78.9 Å². The number of likely N-dealkylation sites (tertiary alicyclic amines) is 3. The Balaban J connectivity index is 0.680. The van der Waals surface area contributed by atoms with E-state index in [-0.39, 0.29) is 59.9 Å². The molecule has 2 unspecified atom stereocenters. The Morgan fingerprint density at radius 1 is 0.797 bits per heavy atom. The number of aromatic nitrogens is 4. The quantitative estimate of drug-likeness (QED) is 0.166. The largest absolute Gasteiger partial charge is 0.366 e. The van der Waals surface area contributed by atoms with Crippen molar-refractivity contribution in [2.45, 2.75) is 140 Å². The fourth-order valence-electron chi connectivity index (χ4n) is 14.5. The van der Waals surface area contributed by atoms with Gasteiger partial charge in [-0.1, -0.05) is 25.5 Å². The van der Waals surface area contributed by atoms with E-state index in [1.165, 1.54) is 24.2 Å². The maximum atomic E-state index is 15.3. The molecule has 6 amide bonds. The number of amides is 6. The summed E-state index contributed by atoms with van der Waals surface area (Å²) in [4.78, 5) is 96.1. The van der Waals surface area contributed by atoms with Gasteiger partial charge in [-0.05, 0) is 146 Å². The second-order valence-electron chi connectivity index (χ2n) is 24.1. The summed E-state index contributed by atoms with van der Waals surface area (Å²) in [5.74, 6) is 2.45. The van der Waals surface area contributed by atoms with Gasteiger partial charge < -0.3 is 34.4 Å². The van der Waals surface area contributed by atoms with Crippen molar-refractivity contribution in [3.8, 4) is 11.3 Å². The average molecular weight is 1010 g/mol. The number of rotatable bonds is 10. The smallest absolute Gasteiger partial charge is 0.328 e. The van der Waals surface area contributed by atoms with E-state index in [1.807, 2.05) is 28.3 Å². The monoisotopic (exact) mass is 1000 g/mol. The van der Waals surface area contributed by atoms with Crippen molar-refractivity contribution in [3.05, 3.63) is 54.5 Å². The Kier molecular flexibility index (Phi) is 11.8. The maximum absolute atomic E-state index is 15.3. The second kappa shape index (κ2) is 18.3. The number of carbonyl (C=O) groups excluding carboxylic acids is 5. The Morgan fingerprint density at radius 2 is 1.53 bits per heavy atom. The van der Waals surface area contributed by atoms with Crippen LogP contribution in [-0.4, -0.2) is 141 Å². The molecule has 4 aromatic rings. The highest BCUT2D eigenvalue weighted by atomic mass is 16.2. The molecule has 1 aromatic carbocycles. The highest BCUT2D eigenvalue weighted by molar-refractivity contribution is 6.10.